The first-order chi connectivity index (χ1) is 13.5. The zero-order valence-electron chi connectivity index (χ0n) is 15.9. The third-order valence-electron chi connectivity index (χ3n) is 4.97. The molecular weight excluding hydrogens is 378 g/mol. The van der Waals surface area contributed by atoms with Gasteiger partial charge in [0.25, 0.3) is 10.0 Å². The second-order valence-corrected chi connectivity index (χ2v) is 8.51. The lowest BCUT2D eigenvalue weighted by atomic mass is 10.3. The average molecular weight is 401 g/mol. The molecule has 0 amide bonds. The van der Waals surface area contributed by atoms with Crippen LogP contribution in [0.5, 0.6) is 0 Å². The van der Waals surface area contributed by atoms with Crippen LogP contribution in [0.1, 0.15) is 12.7 Å². The predicted octanol–water partition coefficient (Wildman–Crippen LogP) is 1.30. The van der Waals surface area contributed by atoms with Crippen molar-refractivity contribution in [3.63, 3.8) is 0 Å². The molecule has 0 aromatic carbocycles. The van der Waals surface area contributed by atoms with Crippen LogP contribution in [0, 0.1) is 6.92 Å². The lowest BCUT2D eigenvalue weighted by Gasteiger charge is -2.34. The Bertz CT molecular complexity index is 1050. The minimum absolute atomic E-state index is 0.122. The van der Waals surface area contributed by atoms with Crippen molar-refractivity contribution in [1.82, 2.24) is 28.4 Å². The van der Waals surface area contributed by atoms with Crippen LogP contribution in [0.3, 0.4) is 0 Å². The molecular formula is C18H23N7O2S. The molecule has 4 heterocycles. The van der Waals surface area contributed by atoms with Gasteiger partial charge in [0.1, 0.15) is 23.8 Å². The van der Waals surface area contributed by atoms with Gasteiger partial charge >= 0.3 is 0 Å². The Balaban J connectivity index is 1.48. The van der Waals surface area contributed by atoms with E-state index in [1.165, 1.54) is 10.6 Å². The lowest BCUT2D eigenvalue weighted by Crippen LogP contribution is -2.49. The molecule has 0 saturated carbocycles. The van der Waals surface area contributed by atoms with Crippen LogP contribution < -0.4 is 4.90 Å². The number of anilines is 1. The number of imidazole rings is 1. The Kier molecular flexibility index (Phi) is 4.90. The summed E-state index contributed by atoms with van der Waals surface area (Å²) >= 11 is 0. The Morgan fingerprint density at radius 3 is 2.36 bits per heavy atom. The van der Waals surface area contributed by atoms with Crippen molar-refractivity contribution < 1.29 is 8.42 Å². The highest BCUT2D eigenvalue weighted by molar-refractivity contribution is 7.89. The van der Waals surface area contributed by atoms with E-state index in [0.29, 0.717) is 38.5 Å². The van der Waals surface area contributed by atoms with E-state index in [1.807, 2.05) is 53.6 Å². The first-order valence-corrected chi connectivity index (χ1v) is 10.7. The molecule has 0 spiro atoms. The Morgan fingerprint density at radius 2 is 1.71 bits per heavy atom. The first-order valence-electron chi connectivity index (χ1n) is 9.23. The molecule has 0 atom stereocenters. The molecule has 3 aromatic rings. The quantitative estimate of drug-likeness (QED) is 0.640. The minimum atomic E-state index is -3.59. The van der Waals surface area contributed by atoms with Crippen molar-refractivity contribution in [2.24, 2.45) is 0 Å². The highest BCUT2D eigenvalue weighted by atomic mass is 32.2. The summed E-state index contributed by atoms with van der Waals surface area (Å²) in [7, 11) is -3.59. The molecule has 3 aromatic heterocycles. The summed E-state index contributed by atoms with van der Waals surface area (Å²) in [6, 6.07) is 5.79. The van der Waals surface area contributed by atoms with Gasteiger partial charge < -0.3 is 14.0 Å². The molecule has 148 valence electrons. The average Bonchev–Trinajstić information content (AvgIpc) is 3.38. The number of piperazine rings is 1. The molecule has 1 aliphatic rings. The van der Waals surface area contributed by atoms with Gasteiger partial charge in [0, 0.05) is 57.4 Å². The molecule has 0 N–H and O–H groups in total. The highest BCUT2D eigenvalue weighted by Gasteiger charge is 2.31. The maximum absolute atomic E-state index is 12.9. The fourth-order valence-electron chi connectivity index (χ4n) is 3.35. The number of rotatable bonds is 5. The van der Waals surface area contributed by atoms with Crippen molar-refractivity contribution in [2.75, 3.05) is 31.1 Å². The van der Waals surface area contributed by atoms with Crippen LogP contribution in [0.2, 0.25) is 0 Å². The standard InChI is InChI=1S/C18H23N7O2S/c1-3-22-13-18(21-15(22)2)28(26,27)25-10-8-24(9-11-25)17-12-16(19-14-20-17)23-6-4-5-7-23/h4-7,12-14H,3,8-11H2,1-2H3. The van der Waals surface area contributed by atoms with Crippen molar-refractivity contribution in [2.45, 2.75) is 25.4 Å². The van der Waals surface area contributed by atoms with Gasteiger partial charge in [-0.1, -0.05) is 0 Å². The van der Waals surface area contributed by atoms with Crippen molar-refractivity contribution in [1.29, 1.82) is 0 Å². The summed E-state index contributed by atoms with van der Waals surface area (Å²) in [6.45, 7) is 6.39. The molecule has 4 rings (SSSR count). The van der Waals surface area contributed by atoms with Gasteiger partial charge in [0.05, 0.1) is 0 Å². The molecule has 0 aliphatic carbocycles. The Hall–Kier alpha value is -2.72. The lowest BCUT2D eigenvalue weighted by molar-refractivity contribution is 0.382. The number of sulfonamides is 1. The van der Waals surface area contributed by atoms with Gasteiger partial charge in [-0.2, -0.15) is 4.31 Å². The monoisotopic (exact) mass is 401 g/mol. The van der Waals surface area contributed by atoms with Crippen molar-refractivity contribution in [3.05, 3.63) is 48.9 Å². The fourth-order valence-corrected chi connectivity index (χ4v) is 4.77. The van der Waals surface area contributed by atoms with Crippen LogP contribution in [0.4, 0.5) is 5.82 Å². The first kappa shape index (κ1) is 18.6. The molecule has 1 saturated heterocycles. The van der Waals surface area contributed by atoms with Gasteiger partial charge in [0.15, 0.2) is 5.03 Å². The van der Waals surface area contributed by atoms with Gasteiger partial charge in [0.2, 0.25) is 0 Å². The zero-order valence-corrected chi connectivity index (χ0v) is 16.7. The second kappa shape index (κ2) is 7.36. The molecule has 28 heavy (non-hydrogen) atoms. The number of hydrogen-bond acceptors (Lipinski definition) is 6. The number of nitrogens with zero attached hydrogens (tertiary/aromatic N) is 7. The minimum Gasteiger partial charge on any atom is -0.354 e. The molecule has 1 fully saturated rings. The fraction of sp³-hybridized carbons (Fsp3) is 0.389. The van der Waals surface area contributed by atoms with Crippen LogP contribution in [-0.4, -0.2) is 63.0 Å². The maximum atomic E-state index is 12.9. The van der Waals surface area contributed by atoms with E-state index < -0.39 is 10.0 Å². The van der Waals surface area contributed by atoms with Crippen LogP contribution in [-0.2, 0) is 16.6 Å². The number of aromatic nitrogens is 5. The molecule has 0 unspecified atom stereocenters. The summed E-state index contributed by atoms with van der Waals surface area (Å²) in [5.41, 5.74) is 0. The summed E-state index contributed by atoms with van der Waals surface area (Å²) in [5.74, 6) is 2.28. The van der Waals surface area contributed by atoms with Crippen LogP contribution >= 0.6 is 0 Å². The van der Waals surface area contributed by atoms with E-state index >= 15 is 0 Å². The summed E-state index contributed by atoms with van der Waals surface area (Å²) in [4.78, 5) is 15.0. The van der Waals surface area contributed by atoms with E-state index in [1.54, 1.807) is 6.20 Å². The van der Waals surface area contributed by atoms with E-state index in [2.05, 4.69) is 19.9 Å². The third kappa shape index (κ3) is 3.40. The summed E-state index contributed by atoms with van der Waals surface area (Å²) in [5, 5.41) is 0.122. The molecule has 10 heteroatoms. The number of hydrogen-bond donors (Lipinski definition) is 0. The van der Waals surface area contributed by atoms with Crippen LogP contribution in [0.25, 0.3) is 5.82 Å². The Labute approximate surface area is 164 Å². The topological polar surface area (TPSA) is 89.2 Å². The van der Waals surface area contributed by atoms with Gasteiger partial charge in [-0.15, -0.1) is 0 Å². The Morgan fingerprint density at radius 1 is 1.04 bits per heavy atom. The number of aryl methyl sites for hydroxylation is 2. The van der Waals surface area contributed by atoms with Crippen LogP contribution in [0.15, 0.2) is 48.1 Å². The van der Waals surface area contributed by atoms with E-state index in [4.69, 9.17) is 0 Å². The summed E-state index contributed by atoms with van der Waals surface area (Å²) < 4.78 is 31.1. The molecule has 9 nitrogen and oxygen atoms in total. The van der Waals surface area contributed by atoms with Crippen molar-refractivity contribution >= 4 is 15.8 Å². The van der Waals surface area contributed by atoms with E-state index in [9.17, 15) is 8.42 Å². The largest absolute Gasteiger partial charge is 0.354 e. The van der Waals surface area contributed by atoms with E-state index in [-0.39, 0.29) is 5.03 Å². The molecule has 0 radical (unpaired) electrons. The van der Waals surface area contributed by atoms with Gasteiger partial charge in [-0.25, -0.2) is 23.4 Å². The van der Waals surface area contributed by atoms with E-state index in [0.717, 1.165) is 11.6 Å². The zero-order chi connectivity index (χ0) is 19.7. The molecule has 0 bridgehead atoms. The SMILES string of the molecule is CCn1cc(S(=O)(=O)N2CCN(c3cc(-n4cccc4)ncn3)CC2)nc1C. The van der Waals surface area contributed by atoms with Gasteiger partial charge in [-0.3, -0.25) is 0 Å². The third-order valence-corrected chi connectivity index (χ3v) is 6.74. The normalized spacial score (nSPS) is 15.9. The maximum Gasteiger partial charge on any atom is 0.262 e. The second-order valence-electron chi connectivity index (χ2n) is 6.63. The summed E-state index contributed by atoms with van der Waals surface area (Å²) in [6.07, 6.45) is 7.00. The van der Waals surface area contributed by atoms with Crippen molar-refractivity contribution in [3.8, 4) is 5.82 Å². The molecule has 1 aliphatic heterocycles. The smallest absolute Gasteiger partial charge is 0.262 e. The van der Waals surface area contributed by atoms with Gasteiger partial charge in [-0.05, 0) is 26.0 Å². The predicted molar refractivity (Wildman–Crippen MR) is 105 cm³/mol. The highest BCUT2D eigenvalue weighted by Crippen LogP contribution is 2.20.